The third kappa shape index (κ3) is 2.79. The van der Waals surface area contributed by atoms with Gasteiger partial charge in [-0.05, 0) is 42.8 Å². The highest BCUT2D eigenvalue weighted by molar-refractivity contribution is 6.32. The van der Waals surface area contributed by atoms with E-state index in [1.807, 2.05) is 56.3 Å². The monoisotopic (exact) mass is 273 g/mol. The second-order valence-electron chi connectivity index (χ2n) is 4.68. The van der Waals surface area contributed by atoms with Crippen LogP contribution in [0.25, 0.3) is 0 Å². The predicted molar refractivity (Wildman–Crippen MR) is 80.4 cm³/mol. The van der Waals surface area contributed by atoms with Crippen LogP contribution in [-0.4, -0.2) is 19.9 Å². The maximum atomic E-state index is 12.4. The summed E-state index contributed by atoms with van der Waals surface area (Å²) in [6.07, 6.45) is 0. The molecular weight excluding hydrogens is 258 g/mol. The normalized spacial score (nSPS) is 10.3. The maximum Gasteiger partial charge on any atom is 0.193 e. The average molecular weight is 274 g/mol. The van der Waals surface area contributed by atoms with Crippen molar-refractivity contribution in [2.24, 2.45) is 0 Å². The van der Waals surface area contributed by atoms with Gasteiger partial charge < -0.3 is 4.90 Å². The van der Waals surface area contributed by atoms with Crippen LogP contribution >= 0.6 is 11.6 Å². The molecule has 0 fully saturated rings. The highest BCUT2D eigenvalue weighted by Crippen LogP contribution is 2.22. The van der Waals surface area contributed by atoms with E-state index in [0.717, 1.165) is 11.3 Å². The Morgan fingerprint density at radius 1 is 1.05 bits per heavy atom. The number of hydrogen-bond acceptors (Lipinski definition) is 2. The van der Waals surface area contributed by atoms with Crippen molar-refractivity contribution < 1.29 is 4.79 Å². The Bertz CT molecular complexity index is 603. The topological polar surface area (TPSA) is 20.3 Å². The number of halogens is 1. The van der Waals surface area contributed by atoms with E-state index in [4.69, 9.17) is 11.6 Å². The molecule has 2 nitrogen and oxygen atoms in total. The van der Waals surface area contributed by atoms with Gasteiger partial charge in [0.2, 0.25) is 0 Å². The summed E-state index contributed by atoms with van der Waals surface area (Å²) in [5.74, 6) is 0.00491. The highest BCUT2D eigenvalue weighted by atomic mass is 35.5. The fourth-order valence-electron chi connectivity index (χ4n) is 1.92. The van der Waals surface area contributed by atoms with Crippen molar-refractivity contribution in [3.63, 3.8) is 0 Å². The Balaban J connectivity index is 2.36. The first-order chi connectivity index (χ1) is 9.00. The zero-order valence-electron chi connectivity index (χ0n) is 11.3. The number of hydrogen-bond donors (Lipinski definition) is 0. The van der Waals surface area contributed by atoms with E-state index < -0.39 is 0 Å². The summed E-state index contributed by atoms with van der Waals surface area (Å²) in [7, 11) is 3.94. The third-order valence-electron chi connectivity index (χ3n) is 3.16. The summed E-state index contributed by atoms with van der Waals surface area (Å²) in [5.41, 5.74) is 3.23. The van der Waals surface area contributed by atoms with E-state index >= 15 is 0 Å². The molecule has 0 aromatic heterocycles. The van der Waals surface area contributed by atoms with Crippen LogP contribution in [0.4, 0.5) is 5.69 Å². The van der Waals surface area contributed by atoms with Crippen molar-refractivity contribution in [2.75, 3.05) is 19.0 Å². The second-order valence-corrected chi connectivity index (χ2v) is 5.09. The van der Waals surface area contributed by atoms with Gasteiger partial charge in [0, 0.05) is 35.9 Å². The number of anilines is 1. The molecule has 2 aromatic carbocycles. The molecule has 0 saturated carbocycles. The molecule has 0 aliphatic rings. The summed E-state index contributed by atoms with van der Waals surface area (Å²) < 4.78 is 0. The lowest BCUT2D eigenvalue weighted by Crippen LogP contribution is -2.09. The van der Waals surface area contributed by atoms with Gasteiger partial charge in [-0.1, -0.05) is 23.7 Å². The van der Waals surface area contributed by atoms with Crippen LogP contribution in [-0.2, 0) is 0 Å². The van der Waals surface area contributed by atoms with Gasteiger partial charge in [-0.25, -0.2) is 0 Å². The van der Waals surface area contributed by atoms with Crippen molar-refractivity contribution in [1.82, 2.24) is 0 Å². The Morgan fingerprint density at radius 2 is 1.68 bits per heavy atom. The van der Waals surface area contributed by atoms with Gasteiger partial charge in [-0.15, -0.1) is 0 Å². The van der Waals surface area contributed by atoms with Gasteiger partial charge in [0.1, 0.15) is 0 Å². The van der Waals surface area contributed by atoms with E-state index in [-0.39, 0.29) is 5.78 Å². The van der Waals surface area contributed by atoms with Crippen LogP contribution < -0.4 is 4.90 Å². The van der Waals surface area contributed by atoms with E-state index in [1.54, 1.807) is 12.1 Å². The van der Waals surface area contributed by atoms with Crippen LogP contribution in [0.3, 0.4) is 0 Å². The predicted octanol–water partition coefficient (Wildman–Crippen LogP) is 3.95. The molecule has 98 valence electrons. The van der Waals surface area contributed by atoms with Crippen molar-refractivity contribution in [3.05, 3.63) is 64.2 Å². The lowest BCUT2D eigenvalue weighted by atomic mass is 9.99. The fraction of sp³-hybridized carbons (Fsp3) is 0.188. The first-order valence-electron chi connectivity index (χ1n) is 6.08. The van der Waals surface area contributed by atoms with Crippen LogP contribution in [0.1, 0.15) is 21.5 Å². The van der Waals surface area contributed by atoms with Gasteiger partial charge in [-0.3, -0.25) is 4.79 Å². The number of rotatable bonds is 3. The van der Waals surface area contributed by atoms with Gasteiger partial charge in [0.05, 0.1) is 0 Å². The van der Waals surface area contributed by atoms with Crippen LogP contribution in [0.5, 0.6) is 0 Å². The minimum absolute atomic E-state index is 0.00491. The number of benzene rings is 2. The molecule has 0 atom stereocenters. The smallest absolute Gasteiger partial charge is 0.193 e. The van der Waals surface area contributed by atoms with Gasteiger partial charge >= 0.3 is 0 Å². The molecule has 0 unspecified atom stereocenters. The third-order valence-corrected chi connectivity index (χ3v) is 3.57. The Labute approximate surface area is 118 Å². The first kappa shape index (κ1) is 13.6. The molecule has 2 aromatic rings. The SMILES string of the molecule is Cc1c(Cl)cccc1C(=O)c1ccc(N(C)C)cc1. The summed E-state index contributed by atoms with van der Waals surface area (Å²) in [5, 5.41) is 0.621. The van der Waals surface area contributed by atoms with Crippen molar-refractivity contribution in [1.29, 1.82) is 0 Å². The largest absolute Gasteiger partial charge is 0.378 e. The molecule has 0 heterocycles. The Hall–Kier alpha value is -1.80. The molecule has 0 N–H and O–H groups in total. The van der Waals surface area contributed by atoms with Crippen molar-refractivity contribution in [3.8, 4) is 0 Å². The number of carbonyl (C=O) groups is 1. The van der Waals surface area contributed by atoms with Crippen molar-refractivity contribution >= 4 is 23.1 Å². The molecule has 19 heavy (non-hydrogen) atoms. The number of ketones is 1. The minimum atomic E-state index is 0.00491. The summed E-state index contributed by atoms with van der Waals surface area (Å²) in [6.45, 7) is 1.86. The summed E-state index contributed by atoms with van der Waals surface area (Å²) >= 11 is 6.05. The standard InChI is InChI=1S/C16H16ClNO/c1-11-14(5-4-6-15(11)17)16(19)12-7-9-13(10-8-12)18(2)3/h4-10H,1-3H3. The Kier molecular flexibility index (Phi) is 3.91. The first-order valence-corrected chi connectivity index (χ1v) is 6.45. The zero-order valence-corrected chi connectivity index (χ0v) is 12.0. The van der Waals surface area contributed by atoms with Crippen molar-refractivity contribution in [2.45, 2.75) is 6.92 Å². The molecule has 0 aliphatic heterocycles. The Morgan fingerprint density at radius 3 is 2.26 bits per heavy atom. The molecular formula is C16H16ClNO. The summed E-state index contributed by atoms with van der Waals surface area (Å²) in [4.78, 5) is 14.4. The molecule has 0 bridgehead atoms. The molecule has 0 saturated heterocycles. The molecule has 2 rings (SSSR count). The molecule has 0 radical (unpaired) electrons. The molecule has 0 spiro atoms. The average Bonchev–Trinajstić information content (AvgIpc) is 2.41. The summed E-state index contributed by atoms with van der Waals surface area (Å²) in [6, 6.07) is 13.0. The number of carbonyl (C=O) groups excluding carboxylic acids is 1. The maximum absolute atomic E-state index is 12.4. The molecule has 3 heteroatoms. The molecule has 0 amide bonds. The van der Waals surface area contributed by atoms with Crippen LogP contribution in [0.15, 0.2) is 42.5 Å². The minimum Gasteiger partial charge on any atom is -0.378 e. The number of nitrogens with zero attached hydrogens (tertiary/aromatic N) is 1. The highest BCUT2D eigenvalue weighted by Gasteiger charge is 2.13. The fourth-order valence-corrected chi connectivity index (χ4v) is 2.09. The zero-order chi connectivity index (χ0) is 14.0. The van der Waals surface area contributed by atoms with Crippen LogP contribution in [0, 0.1) is 6.92 Å². The lowest BCUT2D eigenvalue weighted by molar-refractivity contribution is 0.103. The van der Waals surface area contributed by atoms with E-state index in [9.17, 15) is 4.79 Å². The van der Waals surface area contributed by atoms with E-state index in [1.165, 1.54) is 0 Å². The van der Waals surface area contributed by atoms with Gasteiger partial charge in [-0.2, -0.15) is 0 Å². The van der Waals surface area contributed by atoms with E-state index in [0.29, 0.717) is 16.1 Å². The lowest BCUT2D eigenvalue weighted by Gasteiger charge is -2.13. The quantitative estimate of drug-likeness (QED) is 0.790. The molecule has 0 aliphatic carbocycles. The van der Waals surface area contributed by atoms with E-state index in [2.05, 4.69) is 0 Å². The van der Waals surface area contributed by atoms with Crippen LogP contribution in [0.2, 0.25) is 5.02 Å². The second kappa shape index (κ2) is 5.45. The van der Waals surface area contributed by atoms with Gasteiger partial charge in [0.25, 0.3) is 0 Å². The van der Waals surface area contributed by atoms with Gasteiger partial charge in [0.15, 0.2) is 5.78 Å².